The first-order valence-corrected chi connectivity index (χ1v) is 15.4. The second-order valence-corrected chi connectivity index (χ2v) is 11.9. The molecule has 0 aromatic heterocycles. The van der Waals surface area contributed by atoms with E-state index >= 15 is 0 Å². The van der Waals surface area contributed by atoms with Crippen molar-refractivity contribution in [3.63, 3.8) is 0 Å². The van der Waals surface area contributed by atoms with E-state index in [1.807, 2.05) is 18.2 Å². The van der Waals surface area contributed by atoms with Gasteiger partial charge in [-0.05, 0) is 115 Å². The Morgan fingerprint density at radius 2 is 0.889 bits per heavy atom. The zero-order chi connectivity index (χ0) is 38.7. The lowest BCUT2D eigenvalue weighted by Crippen LogP contribution is -2.17. The van der Waals surface area contributed by atoms with E-state index in [9.17, 15) is 50.9 Å². The summed E-state index contributed by atoms with van der Waals surface area (Å²) in [4.78, 5) is 0. The first-order valence-electron chi connectivity index (χ1n) is 15.4. The van der Waals surface area contributed by atoms with Crippen LogP contribution in [0.4, 0.5) is 35.1 Å². The molecule has 2 aliphatic rings. The summed E-state index contributed by atoms with van der Waals surface area (Å²) in [6.07, 6.45) is -9.37. The summed E-state index contributed by atoms with van der Waals surface area (Å²) in [5.74, 6) is -4.57. The molecule has 0 unspecified atom stereocenters. The average molecular weight is 737 g/mol. The molecule has 0 bridgehead atoms. The number of nitrogens with zero attached hydrogens (tertiary/aromatic N) is 3. The quantitative estimate of drug-likeness (QED) is 0.107. The van der Waals surface area contributed by atoms with Gasteiger partial charge in [0.25, 0.3) is 0 Å². The monoisotopic (exact) mass is 736 g/mol. The van der Waals surface area contributed by atoms with Gasteiger partial charge in [-0.3, -0.25) is 0 Å². The summed E-state index contributed by atoms with van der Waals surface area (Å²) in [7, 11) is 0. The molecular weight excluding hydrogens is 720 g/mol. The number of rotatable bonds is 5. The summed E-state index contributed by atoms with van der Waals surface area (Å²) >= 11 is 0. The van der Waals surface area contributed by atoms with Crippen molar-refractivity contribution in [1.29, 1.82) is 21.2 Å². The van der Waals surface area contributed by atoms with Gasteiger partial charge in [0.2, 0.25) is 0 Å². The van der Waals surface area contributed by atoms with Crippen LogP contribution in [0.1, 0.15) is 22.3 Å². The van der Waals surface area contributed by atoms with Crippen LogP contribution in [-0.2, 0) is 0 Å². The molecule has 0 aliphatic heterocycles. The third kappa shape index (κ3) is 6.08. The molecule has 14 heteroatoms. The largest absolute Gasteiger partial charge is 0.573 e. The number of nitrogens with one attached hydrogen (secondary N) is 1. The smallest absolute Gasteiger partial charge is 0.403 e. The number of hydrogen-bond acceptors (Lipinski definition) is 6. The SMILES string of the molecule is N#CC(C#N)=C1c2cc(-c3ccc(OC(F)(F)F)c(F)c3)ccc2-c2cc3c(cc21)/C(=C(/C#N)C=N)c1cc(-c2ccc(OC(F)(F)F)c(F)c2)ccc1-3. The van der Waals surface area contributed by atoms with Crippen LogP contribution in [0.2, 0.25) is 0 Å². The average Bonchev–Trinajstić information content (AvgIpc) is 3.60. The molecular formula is C40H16F8N4O2. The Balaban J connectivity index is 1.38. The van der Waals surface area contributed by atoms with Crippen molar-refractivity contribution in [2.24, 2.45) is 0 Å². The first kappa shape index (κ1) is 35.2. The van der Waals surface area contributed by atoms with E-state index in [0.717, 1.165) is 30.5 Å². The van der Waals surface area contributed by atoms with E-state index in [-0.39, 0.29) is 27.8 Å². The van der Waals surface area contributed by atoms with Gasteiger partial charge in [0.15, 0.2) is 23.1 Å². The standard InChI is InChI=1S/C40H16F8N4O2/c41-33-11-21(3-7-35(33)53-39(43,44)45)19-1-5-25-27-13-28-26-6-2-20(22-4-8-36(34(42)12-22)54-40(46,47)48)10-30(26)38(24(17-51)18-52)32(28)14-31(27)37(29(25)9-19)23(15-49)16-50/h1-15,49H/b37-23+,49-15?. The Bertz CT molecular complexity index is 2660. The molecule has 0 saturated carbocycles. The molecule has 264 valence electrons. The molecule has 1 N–H and O–H groups in total. The lowest BCUT2D eigenvalue weighted by atomic mass is 9.92. The second kappa shape index (κ2) is 12.8. The number of benzene rings is 5. The molecule has 5 aromatic carbocycles. The summed E-state index contributed by atoms with van der Waals surface area (Å²) in [6, 6.07) is 24.8. The molecule has 0 heterocycles. The van der Waals surface area contributed by atoms with Gasteiger partial charge >= 0.3 is 12.7 Å². The van der Waals surface area contributed by atoms with Crippen LogP contribution in [0.25, 0.3) is 55.7 Å². The van der Waals surface area contributed by atoms with Gasteiger partial charge in [-0.15, -0.1) is 26.3 Å². The maximum absolute atomic E-state index is 14.7. The minimum atomic E-state index is -5.11. The summed E-state index contributed by atoms with van der Waals surface area (Å²) in [5, 5.41) is 38.1. The summed E-state index contributed by atoms with van der Waals surface area (Å²) in [5.41, 5.74) is 5.25. The van der Waals surface area contributed by atoms with Gasteiger partial charge in [-0.2, -0.15) is 15.8 Å². The Labute approximate surface area is 299 Å². The van der Waals surface area contributed by atoms with E-state index in [1.54, 1.807) is 48.5 Å². The van der Waals surface area contributed by atoms with Crippen molar-refractivity contribution >= 4 is 17.4 Å². The molecule has 5 aromatic rings. The maximum Gasteiger partial charge on any atom is 0.573 e. The van der Waals surface area contributed by atoms with Gasteiger partial charge in [-0.1, -0.05) is 36.4 Å². The third-order valence-electron chi connectivity index (χ3n) is 8.84. The summed E-state index contributed by atoms with van der Waals surface area (Å²) in [6.45, 7) is 0. The van der Waals surface area contributed by atoms with Crippen molar-refractivity contribution in [3.8, 4) is 74.2 Å². The predicted octanol–water partition coefficient (Wildman–Crippen LogP) is 10.9. The van der Waals surface area contributed by atoms with Crippen molar-refractivity contribution in [2.75, 3.05) is 0 Å². The second-order valence-electron chi connectivity index (χ2n) is 11.9. The van der Waals surface area contributed by atoms with E-state index in [1.165, 1.54) is 12.1 Å². The van der Waals surface area contributed by atoms with E-state index in [0.29, 0.717) is 61.2 Å². The molecule has 0 fully saturated rings. The number of fused-ring (bicyclic) bond motifs is 6. The molecule has 0 amide bonds. The minimum Gasteiger partial charge on any atom is -0.403 e. The number of alkyl halides is 6. The van der Waals surface area contributed by atoms with Crippen LogP contribution in [0.3, 0.4) is 0 Å². The van der Waals surface area contributed by atoms with Crippen molar-refractivity contribution in [1.82, 2.24) is 0 Å². The molecule has 54 heavy (non-hydrogen) atoms. The molecule has 2 aliphatic carbocycles. The highest BCUT2D eigenvalue weighted by molar-refractivity contribution is 6.14. The molecule has 0 atom stereocenters. The van der Waals surface area contributed by atoms with E-state index < -0.39 is 35.9 Å². The normalized spacial score (nSPS) is 13.4. The molecule has 0 radical (unpaired) electrons. The van der Waals surface area contributed by atoms with Gasteiger partial charge in [0, 0.05) is 17.4 Å². The lowest BCUT2D eigenvalue weighted by Gasteiger charge is -2.12. The highest BCUT2D eigenvalue weighted by Crippen LogP contribution is 2.54. The number of hydrogen-bond donors (Lipinski definition) is 1. The molecule has 0 spiro atoms. The summed E-state index contributed by atoms with van der Waals surface area (Å²) < 4.78 is 113. The van der Waals surface area contributed by atoms with Gasteiger partial charge < -0.3 is 14.9 Å². The third-order valence-corrected chi connectivity index (χ3v) is 8.84. The van der Waals surface area contributed by atoms with Gasteiger partial charge in [0.1, 0.15) is 23.8 Å². The lowest BCUT2D eigenvalue weighted by molar-refractivity contribution is -0.276. The number of halogens is 8. The van der Waals surface area contributed by atoms with Crippen LogP contribution in [0, 0.1) is 51.0 Å². The topological polar surface area (TPSA) is 114 Å². The molecule has 7 rings (SSSR count). The fourth-order valence-electron chi connectivity index (χ4n) is 6.71. The molecule has 6 nitrogen and oxygen atoms in total. The number of allylic oxidation sites excluding steroid dienone is 2. The predicted molar refractivity (Wildman–Crippen MR) is 179 cm³/mol. The fraction of sp³-hybridized carbons (Fsp3) is 0.0500. The van der Waals surface area contributed by atoms with Crippen molar-refractivity contribution in [2.45, 2.75) is 12.7 Å². The van der Waals surface area contributed by atoms with Crippen molar-refractivity contribution < 1.29 is 44.6 Å². The number of ether oxygens (including phenoxy) is 2. The van der Waals surface area contributed by atoms with E-state index in [4.69, 9.17) is 5.41 Å². The first-order chi connectivity index (χ1) is 25.6. The van der Waals surface area contributed by atoms with Gasteiger partial charge in [0.05, 0.1) is 5.57 Å². The zero-order valence-electron chi connectivity index (χ0n) is 26.8. The van der Waals surface area contributed by atoms with E-state index in [2.05, 4.69) is 9.47 Å². The fourth-order valence-corrected chi connectivity index (χ4v) is 6.71. The highest BCUT2D eigenvalue weighted by atomic mass is 19.4. The number of nitriles is 3. The Morgan fingerprint density at radius 1 is 0.500 bits per heavy atom. The van der Waals surface area contributed by atoms with Gasteiger partial charge in [-0.25, -0.2) is 8.78 Å². The zero-order valence-corrected chi connectivity index (χ0v) is 26.8. The van der Waals surface area contributed by atoms with Crippen LogP contribution in [0.15, 0.2) is 96.1 Å². The Hall–Kier alpha value is -7.24. The highest BCUT2D eigenvalue weighted by Gasteiger charge is 2.35. The van der Waals surface area contributed by atoms with Crippen LogP contribution in [-0.4, -0.2) is 18.9 Å². The van der Waals surface area contributed by atoms with Crippen LogP contribution in [0.5, 0.6) is 11.5 Å². The van der Waals surface area contributed by atoms with Crippen LogP contribution < -0.4 is 9.47 Å². The maximum atomic E-state index is 14.7. The van der Waals surface area contributed by atoms with Crippen molar-refractivity contribution in [3.05, 3.63) is 130 Å². The Morgan fingerprint density at radius 3 is 1.30 bits per heavy atom. The minimum absolute atomic E-state index is 0.0729. The van der Waals surface area contributed by atoms with Crippen LogP contribution >= 0.6 is 0 Å². The molecule has 0 saturated heterocycles. The Kier molecular flexibility index (Phi) is 8.31.